The number of hydrogen-bond acceptors (Lipinski definition) is 6. The summed E-state index contributed by atoms with van der Waals surface area (Å²) in [5.41, 5.74) is 0. The number of halogens is 1. The molecule has 10 heteroatoms. The predicted molar refractivity (Wildman–Crippen MR) is 64.7 cm³/mol. The van der Waals surface area contributed by atoms with Gasteiger partial charge in [0.25, 0.3) is 10.0 Å². The molecule has 96 valence electrons. The van der Waals surface area contributed by atoms with E-state index in [9.17, 15) is 8.42 Å². The molecule has 0 unspecified atom stereocenters. The van der Waals surface area contributed by atoms with Crippen molar-refractivity contribution in [2.45, 2.75) is 17.3 Å². The van der Waals surface area contributed by atoms with Gasteiger partial charge in [0.15, 0.2) is 8.68 Å². The fourth-order valence-electron chi connectivity index (χ4n) is 1.74. The summed E-state index contributed by atoms with van der Waals surface area (Å²) in [5, 5.41) is 7.65. The largest absolute Gasteiger partial charge is 0.315 e. The Hall–Kier alpha value is -1.03. The Morgan fingerprint density at radius 3 is 2.94 bits per heavy atom. The fraction of sp³-hybridized carbons (Fsp3) is 0.375. The van der Waals surface area contributed by atoms with Crippen molar-refractivity contribution >= 4 is 33.0 Å². The minimum atomic E-state index is -3.54. The molecule has 0 aliphatic carbocycles. The van der Waals surface area contributed by atoms with Crippen LogP contribution in [0.25, 0.3) is 0 Å². The molecule has 0 bridgehead atoms. The molecule has 0 atom stereocenters. The lowest BCUT2D eigenvalue weighted by molar-refractivity contribution is 0.336. The third-order valence-electron chi connectivity index (χ3n) is 2.65. The Labute approximate surface area is 112 Å². The van der Waals surface area contributed by atoms with Crippen molar-refractivity contribution in [3.8, 4) is 0 Å². The number of aromatic nitrogens is 4. The first-order valence-electron chi connectivity index (χ1n) is 5.05. The van der Waals surface area contributed by atoms with Gasteiger partial charge in [0.1, 0.15) is 12.2 Å². The van der Waals surface area contributed by atoms with Crippen molar-refractivity contribution in [2.75, 3.05) is 6.54 Å². The predicted octanol–water partition coefficient (Wildman–Crippen LogP) is 0.593. The van der Waals surface area contributed by atoms with Gasteiger partial charge >= 0.3 is 0 Å². The first kappa shape index (κ1) is 12.0. The van der Waals surface area contributed by atoms with Crippen molar-refractivity contribution in [3.05, 3.63) is 22.8 Å². The van der Waals surface area contributed by atoms with Gasteiger partial charge < -0.3 is 4.57 Å². The number of rotatable bonds is 2. The highest BCUT2D eigenvalue weighted by atomic mass is 35.5. The molecule has 2 aromatic rings. The van der Waals surface area contributed by atoms with Gasteiger partial charge in [-0.3, -0.25) is 0 Å². The molecule has 0 fully saturated rings. The molecule has 7 nitrogen and oxygen atoms in total. The van der Waals surface area contributed by atoms with Crippen LogP contribution < -0.4 is 0 Å². The first-order chi connectivity index (χ1) is 8.57. The van der Waals surface area contributed by atoms with E-state index in [1.807, 2.05) is 4.57 Å². The summed E-state index contributed by atoms with van der Waals surface area (Å²) in [6, 6.07) is 0. The normalized spacial score (nSPS) is 16.7. The summed E-state index contributed by atoms with van der Waals surface area (Å²) >= 11 is 6.62. The number of nitrogens with zero attached hydrogens (tertiary/aromatic N) is 5. The van der Waals surface area contributed by atoms with Crippen LogP contribution in [0.3, 0.4) is 0 Å². The zero-order valence-corrected chi connectivity index (χ0v) is 11.4. The van der Waals surface area contributed by atoms with Gasteiger partial charge in [0.2, 0.25) is 0 Å². The van der Waals surface area contributed by atoms with Crippen LogP contribution in [-0.4, -0.2) is 39.0 Å². The minimum absolute atomic E-state index is 0.153. The lowest BCUT2D eigenvalue weighted by Crippen LogP contribution is -2.37. The van der Waals surface area contributed by atoms with E-state index < -0.39 is 10.0 Å². The Balaban J connectivity index is 1.92. The molecule has 3 heterocycles. The molecular weight excluding hydrogens is 298 g/mol. The average Bonchev–Trinajstić information content (AvgIpc) is 2.96. The van der Waals surface area contributed by atoms with Gasteiger partial charge in [-0.2, -0.15) is 4.31 Å². The minimum Gasteiger partial charge on any atom is -0.315 e. The maximum absolute atomic E-state index is 12.3. The van der Waals surface area contributed by atoms with E-state index in [1.165, 1.54) is 10.5 Å². The second-order valence-corrected chi connectivity index (χ2v) is 7.49. The summed E-state index contributed by atoms with van der Waals surface area (Å²) in [5.74, 6) is 0.639. The molecular formula is C8H8ClN5O2S2. The lowest BCUT2D eigenvalue weighted by atomic mass is 10.4. The maximum atomic E-state index is 12.3. The molecule has 0 saturated heterocycles. The highest BCUT2D eigenvalue weighted by Gasteiger charge is 2.30. The fourth-order valence-corrected chi connectivity index (χ4v) is 4.57. The summed E-state index contributed by atoms with van der Waals surface area (Å²) < 4.78 is 28.2. The van der Waals surface area contributed by atoms with Crippen molar-refractivity contribution < 1.29 is 8.42 Å². The topological polar surface area (TPSA) is 81.0 Å². The van der Waals surface area contributed by atoms with Crippen LogP contribution in [0.1, 0.15) is 5.82 Å². The summed E-state index contributed by atoms with van der Waals surface area (Å²) in [6.07, 6.45) is 2.88. The summed E-state index contributed by atoms with van der Waals surface area (Å²) in [4.78, 5) is 3.76. The van der Waals surface area contributed by atoms with Crippen molar-refractivity contribution in [1.29, 1.82) is 0 Å². The highest BCUT2D eigenvalue weighted by Crippen LogP contribution is 2.27. The lowest BCUT2D eigenvalue weighted by Gasteiger charge is -2.25. The van der Waals surface area contributed by atoms with Gasteiger partial charge in [-0.25, -0.2) is 13.4 Å². The average molecular weight is 306 g/mol. The van der Waals surface area contributed by atoms with Gasteiger partial charge in [-0.1, -0.05) is 22.9 Å². The number of sulfonamides is 1. The van der Waals surface area contributed by atoms with Gasteiger partial charge in [-0.05, 0) is 0 Å². The zero-order valence-electron chi connectivity index (χ0n) is 9.02. The van der Waals surface area contributed by atoms with Crippen LogP contribution >= 0.6 is 22.9 Å². The Bertz CT molecular complexity index is 679. The Morgan fingerprint density at radius 1 is 1.39 bits per heavy atom. The van der Waals surface area contributed by atoms with Gasteiger partial charge in [0.05, 0.1) is 12.7 Å². The second kappa shape index (κ2) is 4.26. The third-order valence-corrected chi connectivity index (χ3v) is 6.05. The first-order valence-corrected chi connectivity index (χ1v) is 7.69. The monoisotopic (exact) mass is 305 g/mol. The summed E-state index contributed by atoms with van der Waals surface area (Å²) in [7, 11) is -3.54. The Morgan fingerprint density at radius 2 is 2.22 bits per heavy atom. The molecule has 1 aliphatic heterocycles. The molecule has 0 saturated carbocycles. The van der Waals surface area contributed by atoms with E-state index in [2.05, 4.69) is 15.2 Å². The quantitative estimate of drug-likeness (QED) is 0.811. The van der Waals surface area contributed by atoms with E-state index >= 15 is 0 Å². The van der Waals surface area contributed by atoms with Crippen molar-refractivity contribution in [3.63, 3.8) is 0 Å². The molecule has 1 aliphatic rings. The van der Waals surface area contributed by atoms with Gasteiger partial charge in [-0.15, -0.1) is 10.2 Å². The SMILES string of the molecule is O=S(=O)(c1cnc(Cl)s1)N1CCn2cnnc2C1. The van der Waals surface area contributed by atoms with Crippen LogP contribution in [0.5, 0.6) is 0 Å². The zero-order chi connectivity index (χ0) is 12.8. The standard InChI is InChI=1S/C8H8ClN5O2S2/c9-8-10-3-7(17-8)18(15,16)14-2-1-13-5-11-12-6(13)4-14/h3,5H,1-2,4H2. The third kappa shape index (κ3) is 1.92. The van der Waals surface area contributed by atoms with Crippen molar-refractivity contribution in [2.24, 2.45) is 0 Å². The molecule has 0 N–H and O–H groups in total. The number of thiazole rings is 1. The van der Waals surface area contributed by atoms with Crippen LogP contribution in [0.15, 0.2) is 16.7 Å². The van der Waals surface area contributed by atoms with Crippen LogP contribution in [0.2, 0.25) is 4.47 Å². The molecule has 3 rings (SSSR count). The molecule has 0 radical (unpaired) electrons. The van der Waals surface area contributed by atoms with Crippen LogP contribution in [-0.2, 0) is 23.1 Å². The molecule has 18 heavy (non-hydrogen) atoms. The number of hydrogen-bond donors (Lipinski definition) is 0. The molecule has 2 aromatic heterocycles. The maximum Gasteiger partial charge on any atom is 0.254 e. The molecule has 0 spiro atoms. The summed E-state index contributed by atoms with van der Waals surface area (Å²) in [6.45, 7) is 1.16. The van der Waals surface area contributed by atoms with E-state index in [1.54, 1.807) is 6.33 Å². The van der Waals surface area contributed by atoms with Gasteiger partial charge in [0, 0.05) is 13.1 Å². The van der Waals surface area contributed by atoms with E-state index in [-0.39, 0.29) is 15.2 Å². The molecule has 0 amide bonds. The number of fused-ring (bicyclic) bond motifs is 1. The molecule has 0 aromatic carbocycles. The van der Waals surface area contributed by atoms with Crippen LogP contribution in [0.4, 0.5) is 0 Å². The van der Waals surface area contributed by atoms with E-state index in [0.29, 0.717) is 18.9 Å². The van der Waals surface area contributed by atoms with E-state index in [0.717, 1.165) is 11.3 Å². The Kier molecular flexibility index (Phi) is 2.85. The van der Waals surface area contributed by atoms with Crippen molar-refractivity contribution in [1.82, 2.24) is 24.1 Å². The van der Waals surface area contributed by atoms with Crippen LogP contribution in [0, 0.1) is 0 Å². The van der Waals surface area contributed by atoms with E-state index in [4.69, 9.17) is 11.6 Å². The highest BCUT2D eigenvalue weighted by molar-refractivity contribution is 7.91. The smallest absolute Gasteiger partial charge is 0.254 e. The second-order valence-electron chi connectivity index (χ2n) is 3.71.